The molecule has 0 bridgehead atoms. The monoisotopic (exact) mass is 812 g/mol. The highest BCUT2D eigenvalue weighted by Crippen LogP contribution is 2.13. The second kappa shape index (κ2) is 47.2. The van der Waals surface area contributed by atoms with Crippen molar-refractivity contribution < 1.29 is 24.5 Å². The van der Waals surface area contributed by atoms with E-state index in [1.54, 1.807) is 6.08 Å². The topological polar surface area (TPSA) is 95.9 Å². The van der Waals surface area contributed by atoms with Crippen LogP contribution in [0.3, 0.4) is 0 Å². The summed E-state index contributed by atoms with van der Waals surface area (Å²) < 4.78 is 5.43. The molecule has 0 aliphatic carbocycles. The molecule has 0 aromatic carbocycles. The van der Waals surface area contributed by atoms with E-state index in [4.69, 9.17) is 4.74 Å². The van der Waals surface area contributed by atoms with Gasteiger partial charge in [0.1, 0.15) is 0 Å². The van der Waals surface area contributed by atoms with E-state index < -0.39 is 12.1 Å². The van der Waals surface area contributed by atoms with Gasteiger partial charge in [-0.1, -0.05) is 177 Å². The van der Waals surface area contributed by atoms with Crippen LogP contribution >= 0.6 is 0 Å². The van der Waals surface area contributed by atoms with Gasteiger partial charge in [-0.05, 0) is 103 Å². The predicted octanol–water partition coefficient (Wildman–Crippen LogP) is 14.5. The van der Waals surface area contributed by atoms with Gasteiger partial charge in [0.2, 0.25) is 5.91 Å². The summed E-state index contributed by atoms with van der Waals surface area (Å²) >= 11 is 0. The zero-order valence-electron chi connectivity index (χ0n) is 38.0. The van der Waals surface area contributed by atoms with Crippen LogP contribution in [-0.2, 0) is 14.3 Å². The maximum atomic E-state index is 12.3. The van der Waals surface area contributed by atoms with Gasteiger partial charge in [0.15, 0.2) is 0 Å². The van der Waals surface area contributed by atoms with Gasteiger partial charge < -0.3 is 20.3 Å². The Morgan fingerprint density at radius 1 is 0.483 bits per heavy atom. The van der Waals surface area contributed by atoms with Crippen LogP contribution in [0.4, 0.5) is 0 Å². The second-order valence-electron chi connectivity index (χ2n) is 16.4. The molecule has 1 amide bonds. The van der Waals surface area contributed by atoms with Crippen LogP contribution in [0.1, 0.15) is 232 Å². The summed E-state index contributed by atoms with van der Waals surface area (Å²) in [6.45, 7) is 4.77. The lowest BCUT2D eigenvalue weighted by molar-refractivity contribution is -0.143. The molecule has 0 saturated heterocycles. The Balaban J connectivity index is 3.53. The lowest BCUT2D eigenvalue weighted by atomic mass is 10.1. The standard InChI is InChI=1S/C52H93NO5/c1-3-5-7-9-11-13-14-15-19-23-26-30-34-38-42-46-52(57)58-47-43-39-35-31-27-24-21-18-16-17-20-22-25-29-33-37-41-45-51(56)53-49(48-54)50(55)44-40-36-32-28-12-10-8-6-4-2/h11,13,15-16,18-19,24,27,40,44,49-50,54-55H,3-10,12,14,17,20-23,25-26,28-39,41-43,45-48H2,1-2H3,(H,53,56)/b13-11-,18-16-,19-15-,27-24-,44-40+. The van der Waals surface area contributed by atoms with Crippen molar-refractivity contribution in [3.63, 3.8) is 0 Å². The van der Waals surface area contributed by atoms with Gasteiger partial charge in [0.25, 0.3) is 0 Å². The van der Waals surface area contributed by atoms with Crippen LogP contribution in [0.25, 0.3) is 0 Å². The van der Waals surface area contributed by atoms with E-state index in [0.29, 0.717) is 19.4 Å². The quantitative estimate of drug-likeness (QED) is 0.0323. The highest BCUT2D eigenvalue weighted by molar-refractivity contribution is 5.76. The number of ether oxygens (including phenoxy) is 1. The number of allylic oxidation sites excluding steroid dienone is 9. The molecular formula is C52H93NO5. The van der Waals surface area contributed by atoms with E-state index in [2.05, 4.69) is 67.8 Å². The number of esters is 1. The molecule has 0 aromatic heterocycles. The summed E-state index contributed by atoms with van der Waals surface area (Å²) in [6.07, 6.45) is 59.3. The first-order chi connectivity index (χ1) is 28.5. The van der Waals surface area contributed by atoms with Crippen molar-refractivity contribution in [2.24, 2.45) is 0 Å². The van der Waals surface area contributed by atoms with E-state index >= 15 is 0 Å². The number of amides is 1. The largest absolute Gasteiger partial charge is 0.466 e. The molecule has 2 unspecified atom stereocenters. The van der Waals surface area contributed by atoms with E-state index in [0.717, 1.165) is 96.3 Å². The molecule has 0 aliphatic heterocycles. The number of aliphatic hydroxyl groups is 2. The molecule has 6 nitrogen and oxygen atoms in total. The van der Waals surface area contributed by atoms with E-state index in [1.165, 1.54) is 109 Å². The van der Waals surface area contributed by atoms with Crippen LogP contribution in [0, 0.1) is 0 Å². The summed E-state index contributed by atoms with van der Waals surface area (Å²) in [5.41, 5.74) is 0. The lowest BCUT2D eigenvalue weighted by Crippen LogP contribution is -2.45. The molecular weight excluding hydrogens is 719 g/mol. The summed E-state index contributed by atoms with van der Waals surface area (Å²) in [6, 6.07) is -0.639. The van der Waals surface area contributed by atoms with Crippen LogP contribution in [-0.4, -0.2) is 47.4 Å². The molecule has 0 fully saturated rings. The Morgan fingerprint density at radius 3 is 1.34 bits per heavy atom. The van der Waals surface area contributed by atoms with Crippen molar-refractivity contribution >= 4 is 11.9 Å². The third kappa shape index (κ3) is 43.1. The summed E-state index contributed by atoms with van der Waals surface area (Å²) in [5, 5.41) is 22.9. The number of carbonyl (C=O) groups excluding carboxylic acids is 2. The molecule has 2 atom stereocenters. The summed E-state index contributed by atoms with van der Waals surface area (Å²) in [5.74, 6) is -0.122. The maximum Gasteiger partial charge on any atom is 0.305 e. The van der Waals surface area contributed by atoms with Crippen molar-refractivity contribution in [2.75, 3.05) is 13.2 Å². The highest BCUT2D eigenvalue weighted by Gasteiger charge is 2.18. The molecule has 0 aromatic rings. The average molecular weight is 812 g/mol. The zero-order valence-corrected chi connectivity index (χ0v) is 38.0. The predicted molar refractivity (Wildman–Crippen MR) is 250 cm³/mol. The maximum absolute atomic E-state index is 12.3. The van der Waals surface area contributed by atoms with E-state index in [-0.39, 0.29) is 18.5 Å². The Labute approximate surface area is 358 Å². The zero-order chi connectivity index (χ0) is 42.3. The van der Waals surface area contributed by atoms with Gasteiger partial charge in [-0.3, -0.25) is 9.59 Å². The third-order valence-electron chi connectivity index (χ3n) is 10.8. The van der Waals surface area contributed by atoms with E-state index in [9.17, 15) is 19.8 Å². The van der Waals surface area contributed by atoms with Crippen molar-refractivity contribution in [1.29, 1.82) is 0 Å². The van der Waals surface area contributed by atoms with Crippen molar-refractivity contribution in [2.45, 2.75) is 244 Å². The Hall–Kier alpha value is -2.44. The molecule has 6 heteroatoms. The van der Waals surface area contributed by atoms with E-state index in [1.807, 2.05) is 6.08 Å². The van der Waals surface area contributed by atoms with Gasteiger partial charge in [0, 0.05) is 12.8 Å². The van der Waals surface area contributed by atoms with Crippen LogP contribution in [0.15, 0.2) is 60.8 Å². The molecule has 336 valence electrons. The minimum atomic E-state index is -0.854. The minimum Gasteiger partial charge on any atom is -0.466 e. The molecule has 0 spiro atoms. The summed E-state index contributed by atoms with van der Waals surface area (Å²) in [4.78, 5) is 24.3. The van der Waals surface area contributed by atoms with Gasteiger partial charge in [-0.2, -0.15) is 0 Å². The number of hydrogen-bond acceptors (Lipinski definition) is 5. The van der Waals surface area contributed by atoms with Crippen LogP contribution in [0.2, 0.25) is 0 Å². The second-order valence-corrected chi connectivity index (χ2v) is 16.4. The van der Waals surface area contributed by atoms with Crippen LogP contribution < -0.4 is 5.32 Å². The Kier molecular flexibility index (Phi) is 45.3. The molecule has 0 heterocycles. The van der Waals surface area contributed by atoms with Gasteiger partial charge >= 0.3 is 5.97 Å². The first kappa shape index (κ1) is 55.6. The average Bonchev–Trinajstić information content (AvgIpc) is 3.22. The number of rotatable bonds is 44. The SMILES string of the molecule is CCCCC/C=C\C/C=C\CCCCCCCC(=O)OCCCCC/C=C\C/C=C\CCCCCCCCCC(=O)NC(CO)C(O)/C=C/CCCCCCCCC. The number of hydrogen-bond donors (Lipinski definition) is 3. The number of carbonyl (C=O) groups is 2. The molecule has 3 N–H and O–H groups in total. The number of unbranched alkanes of at least 4 members (excludes halogenated alkanes) is 25. The molecule has 58 heavy (non-hydrogen) atoms. The third-order valence-corrected chi connectivity index (χ3v) is 10.8. The van der Waals surface area contributed by atoms with Crippen LogP contribution in [0.5, 0.6) is 0 Å². The molecule has 0 rings (SSSR count). The highest BCUT2D eigenvalue weighted by atomic mass is 16.5. The van der Waals surface area contributed by atoms with Crippen molar-refractivity contribution in [3.8, 4) is 0 Å². The van der Waals surface area contributed by atoms with Gasteiger partial charge in [-0.25, -0.2) is 0 Å². The van der Waals surface area contributed by atoms with Crippen molar-refractivity contribution in [3.05, 3.63) is 60.8 Å². The van der Waals surface area contributed by atoms with Gasteiger partial charge in [0.05, 0.1) is 25.4 Å². The first-order valence-corrected chi connectivity index (χ1v) is 24.6. The first-order valence-electron chi connectivity index (χ1n) is 24.6. The fourth-order valence-electron chi connectivity index (χ4n) is 6.93. The lowest BCUT2D eigenvalue weighted by Gasteiger charge is -2.20. The van der Waals surface area contributed by atoms with Gasteiger partial charge in [-0.15, -0.1) is 0 Å². The fourth-order valence-corrected chi connectivity index (χ4v) is 6.93. The Morgan fingerprint density at radius 2 is 0.862 bits per heavy atom. The number of nitrogens with one attached hydrogen (secondary N) is 1. The number of aliphatic hydroxyl groups excluding tert-OH is 2. The molecule has 0 aliphatic rings. The Bertz CT molecular complexity index is 1030. The normalized spacial score (nSPS) is 13.2. The molecule has 0 radical (unpaired) electrons. The van der Waals surface area contributed by atoms with Crippen molar-refractivity contribution in [1.82, 2.24) is 5.32 Å². The molecule has 0 saturated carbocycles. The fraction of sp³-hybridized carbons (Fsp3) is 0.769. The summed E-state index contributed by atoms with van der Waals surface area (Å²) in [7, 11) is 0. The minimum absolute atomic E-state index is 0.0321. The smallest absolute Gasteiger partial charge is 0.305 e.